The lowest BCUT2D eigenvalue weighted by Crippen LogP contribution is -2.39. The van der Waals surface area contributed by atoms with Crippen LogP contribution < -0.4 is 0 Å². The summed E-state index contributed by atoms with van der Waals surface area (Å²) in [7, 11) is 3.34. The van der Waals surface area contributed by atoms with E-state index >= 15 is 0 Å². The molecule has 1 N–H and O–H groups in total. The molecule has 7 nitrogen and oxygen atoms in total. The number of nitrogens with one attached hydrogen (secondary N) is 1. The number of rotatable bonds is 8. The van der Waals surface area contributed by atoms with Gasteiger partial charge in [-0.05, 0) is 37.5 Å². The van der Waals surface area contributed by atoms with Crippen LogP contribution in [0.5, 0.6) is 0 Å². The van der Waals surface area contributed by atoms with Crippen LogP contribution >= 0.6 is 0 Å². The second kappa shape index (κ2) is 9.45. The molecule has 2 aromatic rings. The quantitative estimate of drug-likeness (QED) is 0.693. The number of unbranched alkanes of at least 4 members (excludes halogenated alkanes) is 2. The maximum absolute atomic E-state index is 13.3. The van der Waals surface area contributed by atoms with Crippen LogP contribution in [0.1, 0.15) is 37.8 Å². The number of aromatic nitrogens is 2. The molecule has 0 saturated heterocycles. The van der Waals surface area contributed by atoms with E-state index in [4.69, 9.17) is 0 Å². The van der Waals surface area contributed by atoms with E-state index in [1.54, 1.807) is 25.1 Å². The number of aryl methyl sites for hydroxylation is 1. The maximum Gasteiger partial charge on any atom is 0.269 e. The molecule has 0 unspecified atom stereocenters. The fraction of sp³-hybridized carbons (Fsp3) is 0.429. The van der Waals surface area contributed by atoms with Gasteiger partial charge in [0.1, 0.15) is 11.5 Å². The highest BCUT2D eigenvalue weighted by molar-refractivity contribution is 6.39. The number of benzene rings is 1. The first-order chi connectivity index (χ1) is 13.9. The SMILES string of the molecule is CN(CCCCCc1cc(-c2cccc(F)c2)n[nH]1)C(=O)C1=NN(C)C(=O)CC1. The van der Waals surface area contributed by atoms with Gasteiger partial charge in [0.2, 0.25) is 5.91 Å². The summed E-state index contributed by atoms with van der Waals surface area (Å²) in [6.45, 7) is 0.646. The molecule has 2 amide bonds. The number of hydrogen-bond donors (Lipinski definition) is 1. The van der Waals surface area contributed by atoms with Crippen molar-refractivity contribution in [3.63, 3.8) is 0 Å². The normalized spacial score (nSPS) is 14.1. The number of carbonyl (C=O) groups excluding carboxylic acids is 2. The third-order valence-corrected chi connectivity index (χ3v) is 4.99. The lowest BCUT2D eigenvalue weighted by Gasteiger charge is -2.23. The van der Waals surface area contributed by atoms with E-state index in [1.807, 2.05) is 12.1 Å². The number of hydrogen-bond acceptors (Lipinski definition) is 4. The number of amides is 2. The van der Waals surface area contributed by atoms with E-state index in [2.05, 4.69) is 15.3 Å². The summed E-state index contributed by atoms with van der Waals surface area (Å²) in [4.78, 5) is 25.5. The number of hydrazone groups is 1. The molecule has 29 heavy (non-hydrogen) atoms. The van der Waals surface area contributed by atoms with Gasteiger partial charge >= 0.3 is 0 Å². The van der Waals surface area contributed by atoms with Gasteiger partial charge in [-0.25, -0.2) is 9.40 Å². The number of nitrogens with zero attached hydrogens (tertiary/aromatic N) is 4. The van der Waals surface area contributed by atoms with Gasteiger partial charge in [-0.2, -0.15) is 10.2 Å². The fourth-order valence-electron chi connectivity index (χ4n) is 3.27. The van der Waals surface area contributed by atoms with Crippen LogP contribution in [0.25, 0.3) is 11.3 Å². The van der Waals surface area contributed by atoms with Gasteiger partial charge in [-0.3, -0.25) is 14.7 Å². The van der Waals surface area contributed by atoms with Gasteiger partial charge in [0, 0.05) is 44.7 Å². The third kappa shape index (κ3) is 5.49. The highest BCUT2D eigenvalue weighted by Crippen LogP contribution is 2.19. The van der Waals surface area contributed by atoms with Crippen molar-refractivity contribution >= 4 is 17.5 Å². The average molecular weight is 399 g/mol. The average Bonchev–Trinajstić information content (AvgIpc) is 3.18. The van der Waals surface area contributed by atoms with Crippen LogP contribution in [0, 0.1) is 5.82 Å². The molecule has 8 heteroatoms. The molecular weight excluding hydrogens is 373 g/mol. The standard InChI is InChI=1S/C21H26FN5O2/c1-26(21(29)18-10-11-20(28)27(2)25-18)12-5-3-4-9-17-14-19(24-23-17)15-7-6-8-16(22)13-15/h6-8,13-14H,3-5,9-12H2,1-2H3,(H,23,24). The molecule has 0 radical (unpaired) electrons. The molecule has 0 saturated carbocycles. The van der Waals surface area contributed by atoms with Crippen LogP contribution in [-0.2, 0) is 16.0 Å². The molecule has 0 aliphatic carbocycles. The molecule has 0 atom stereocenters. The summed E-state index contributed by atoms with van der Waals surface area (Å²) in [5, 5.41) is 12.6. The Morgan fingerprint density at radius 3 is 2.83 bits per heavy atom. The minimum absolute atomic E-state index is 0.0661. The Balaban J connectivity index is 1.39. The molecule has 154 valence electrons. The largest absolute Gasteiger partial charge is 0.341 e. The predicted octanol–water partition coefficient (Wildman–Crippen LogP) is 3.00. The van der Waals surface area contributed by atoms with E-state index in [9.17, 15) is 14.0 Å². The summed E-state index contributed by atoms with van der Waals surface area (Å²) >= 11 is 0. The highest BCUT2D eigenvalue weighted by atomic mass is 19.1. The molecule has 1 aromatic carbocycles. The smallest absolute Gasteiger partial charge is 0.269 e. The highest BCUT2D eigenvalue weighted by Gasteiger charge is 2.23. The van der Waals surface area contributed by atoms with Gasteiger partial charge in [0.15, 0.2) is 0 Å². The summed E-state index contributed by atoms with van der Waals surface area (Å²) < 4.78 is 13.3. The summed E-state index contributed by atoms with van der Waals surface area (Å²) in [6, 6.07) is 8.34. The van der Waals surface area contributed by atoms with Crippen molar-refractivity contribution in [2.75, 3.05) is 20.6 Å². The molecule has 1 aromatic heterocycles. The predicted molar refractivity (Wildman–Crippen MR) is 109 cm³/mol. The number of aromatic amines is 1. The van der Waals surface area contributed by atoms with Crippen molar-refractivity contribution in [2.24, 2.45) is 5.10 Å². The van der Waals surface area contributed by atoms with Crippen LogP contribution in [0.4, 0.5) is 4.39 Å². The first kappa shape index (κ1) is 20.7. The van der Waals surface area contributed by atoms with Crippen LogP contribution in [0.3, 0.4) is 0 Å². The number of carbonyl (C=O) groups is 2. The van der Waals surface area contributed by atoms with Crippen molar-refractivity contribution in [3.8, 4) is 11.3 Å². The van der Waals surface area contributed by atoms with E-state index in [0.29, 0.717) is 25.1 Å². The molecule has 0 spiro atoms. The number of halogens is 1. The first-order valence-corrected chi connectivity index (χ1v) is 9.84. The Kier molecular flexibility index (Phi) is 6.74. The van der Waals surface area contributed by atoms with Crippen LogP contribution in [0.15, 0.2) is 35.4 Å². The summed E-state index contributed by atoms with van der Waals surface area (Å²) in [5.74, 6) is -0.454. The Morgan fingerprint density at radius 1 is 1.24 bits per heavy atom. The maximum atomic E-state index is 13.3. The number of H-pyrrole nitrogens is 1. The van der Waals surface area contributed by atoms with Crippen molar-refractivity contribution in [1.29, 1.82) is 0 Å². The van der Waals surface area contributed by atoms with Crippen molar-refractivity contribution in [2.45, 2.75) is 38.5 Å². The second-order valence-corrected chi connectivity index (χ2v) is 7.29. The van der Waals surface area contributed by atoms with Crippen molar-refractivity contribution < 1.29 is 14.0 Å². The van der Waals surface area contributed by atoms with Gasteiger partial charge in [-0.1, -0.05) is 18.6 Å². The first-order valence-electron chi connectivity index (χ1n) is 9.84. The molecule has 3 rings (SSSR count). The molecule has 1 aliphatic rings. The third-order valence-electron chi connectivity index (χ3n) is 4.99. The molecule has 0 bridgehead atoms. The molecule has 1 aliphatic heterocycles. The van der Waals surface area contributed by atoms with Crippen molar-refractivity contribution in [1.82, 2.24) is 20.1 Å². The molecular formula is C21H26FN5O2. The second-order valence-electron chi connectivity index (χ2n) is 7.29. The van der Waals surface area contributed by atoms with Gasteiger partial charge in [0.25, 0.3) is 5.91 Å². The minimum atomic E-state index is -0.275. The van der Waals surface area contributed by atoms with E-state index in [0.717, 1.165) is 42.6 Å². The monoisotopic (exact) mass is 399 g/mol. The molecule has 0 fully saturated rings. The van der Waals surface area contributed by atoms with Crippen molar-refractivity contribution in [3.05, 3.63) is 41.8 Å². The Morgan fingerprint density at radius 2 is 2.07 bits per heavy atom. The lowest BCUT2D eigenvalue weighted by atomic mass is 10.1. The summed E-state index contributed by atoms with van der Waals surface area (Å²) in [5.41, 5.74) is 2.95. The zero-order valence-electron chi connectivity index (χ0n) is 16.8. The topological polar surface area (TPSA) is 81.7 Å². The minimum Gasteiger partial charge on any atom is -0.341 e. The zero-order chi connectivity index (χ0) is 20.8. The van der Waals surface area contributed by atoms with Gasteiger partial charge < -0.3 is 4.90 Å². The zero-order valence-corrected chi connectivity index (χ0v) is 16.8. The van der Waals surface area contributed by atoms with Crippen LogP contribution in [0.2, 0.25) is 0 Å². The van der Waals surface area contributed by atoms with E-state index in [1.165, 1.54) is 17.1 Å². The Bertz CT molecular complexity index is 908. The Hall–Kier alpha value is -3.03. The fourth-order valence-corrected chi connectivity index (χ4v) is 3.27. The van der Waals surface area contributed by atoms with Gasteiger partial charge in [0.05, 0.1) is 5.69 Å². The lowest BCUT2D eigenvalue weighted by molar-refractivity contribution is -0.130. The van der Waals surface area contributed by atoms with E-state index < -0.39 is 0 Å². The summed E-state index contributed by atoms with van der Waals surface area (Å²) in [6.07, 6.45) is 4.40. The Labute approximate surface area is 169 Å². The van der Waals surface area contributed by atoms with Crippen LogP contribution in [-0.4, -0.2) is 58.3 Å². The van der Waals surface area contributed by atoms with Gasteiger partial charge in [-0.15, -0.1) is 0 Å². The molecule has 2 heterocycles. The van der Waals surface area contributed by atoms with E-state index in [-0.39, 0.29) is 17.6 Å².